The van der Waals surface area contributed by atoms with Gasteiger partial charge in [-0.2, -0.15) is 0 Å². The fourth-order valence-electron chi connectivity index (χ4n) is 4.42. The van der Waals surface area contributed by atoms with Gasteiger partial charge in [0, 0.05) is 13.2 Å². The summed E-state index contributed by atoms with van der Waals surface area (Å²) in [5, 5.41) is 0. The average Bonchev–Trinajstić information content (AvgIpc) is 3.34. The molecule has 0 heterocycles. The van der Waals surface area contributed by atoms with Gasteiger partial charge in [-0.1, -0.05) is 77.0 Å². The van der Waals surface area contributed by atoms with Gasteiger partial charge in [0.2, 0.25) is 0 Å². The van der Waals surface area contributed by atoms with Crippen LogP contribution in [0, 0.1) is 26.7 Å². The molecular formula is C28H58Cl2O2Zr. The van der Waals surface area contributed by atoms with Crippen molar-refractivity contribution in [2.24, 2.45) is 11.8 Å². The van der Waals surface area contributed by atoms with Gasteiger partial charge in [0.05, 0.1) is 11.2 Å². The van der Waals surface area contributed by atoms with E-state index in [0.717, 1.165) is 25.0 Å². The molecule has 2 nitrogen and oxygen atoms in total. The molecule has 0 saturated heterocycles. The first-order chi connectivity index (χ1) is 14.6. The van der Waals surface area contributed by atoms with Crippen molar-refractivity contribution in [3.8, 4) is 0 Å². The Morgan fingerprint density at radius 3 is 1.12 bits per heavy atom. The summed E-state index contributed by atoms with van der Waals surface area (Å²) in [5.41, 5.74) is 0.0979. The monoisotopic (exact) mass is 586 g/mol. The van der Waals surface area contributed by atoms with Gasteiger partial charge in [0.25, 0.3) is 0 Å². The maximum absolute atomic E-state index is 5.69. The summed E-state index contributed by atoms with van der Waals surface area (Å²) in [7, 11) is 9.87. The number of hydrogen-bond acceptors (Lipinski definition) is 2. The Morgan fingerprint density at radius 1 is 0.606 bits per heavy atom. The van der Waals surface area contributed by atoms with Crippen molar-refractivity contribution in [2.45, 2.75) is 143 Å². The number of ether oxygens (including phenoxy) is 2. The fourth-order valence-corrected chi connectivity index (χ4v) is 4.42. The van der Waals surface area contributed by atoms with Crippen molar-refractivity contribution >= 4 is 17.0 Å². The second kappa shape index (κ2) is 23.8. The van der Waals surface area contributed by atoms with E-state index in [2.05, 4.69) is 41.5 Å². The number of halogens is 2. The molecule has 2 aliphatic rings. The third-order valence-corrected chi connectivity index (χ3v) is 6.03. The minimum absolute atomic E-state index is 0. The van der Waals surface area contributed by atoms with Gasteiger partial charge in [0.1, 0.15) is 0 Å². The van der Waals surface area contributed by atoms with Gasteiger partial charge < -0.3 is 24.3 Å². The van der Waals surface area contributed by atoms with Gasteiger partial charge in [-0.05, 0) is 66.2 Å². The van der Waals surface area contributed by atoms with Crippen LogP contribution in [0.4, 0.5) is 0 Å². The minimum atomic E-state index is -0.826. The van der Waals surface area contributed by atoms with E-state index in [4.69, 9.17) is 26.5 Å². The Balaban J connectivity index is -0.000000462. The first-order valence-electron chi connectivity index (χ1n) is 12.8. The Hall–Kier alpha value is 1.38. The van der Waals surface area contributed by atoms with Crippen molar-refractivity contribution in [2.75, 3.05) is 13.2 Å². The summed E-state index contributed by atoms with van der Waals surface area (Å²) in [4.78, 5) is 0. The molecule has 0 aromatic heterocycles. The van der Waals surface area contributed by atoms with E-state index in [1.54, 1.807) is 0 Å². The zero-order valence-electron chi connectivity index (χ0n) is 23.5. The van der Waals surface area contributed by atoms with Crippen LogP contribution in [0.2, 0.25) is 0 Å². The van der Waals surface area contributed by atoms with Crippen LogP contribution in [0.1, 0.15) is 131 Å². The Labute approximate surface area is 228 Å². The van der Waals surface area contributed by atoms with E-state index in [0.29, 0.717) is 0 Å². The quantitative estimate of drug-likeness (QED) is 0.187. The van der Waals surface area contributed by atoms with Crippen molar-refractivity contribution in [1.82, 2.24) is 0 Å². The van der Waals surface area contributed by atoms with Crippen LogP contribution in [-0.4, -0.2) is 24.4 Å². The van der Waals surface area contributed by atoms with Gasteiger partial charge in [-0.15, -0.1) is 0 Å². The van der Waals surface area contributed by atoms with E-state index < -0.39 is 20.8 Å². The zero-order chi connectivity index (χ0) is 23.6. The van der Waals surface area contributed by atoms with Crippen LogP contribution in [0.25, 0.3) is 0 Å². The van der Waals surface area contributed by atoms with Crippen molar-refractivity contribution in [3.05, 3.63) is 14.9 Å². The van der Waals surface area contributed by atoms with Gasteiger partial charge in [0.15, 0.2) is 0 Å². The zero-order valence-corrected chi connectivity index (χ0v) is 27.5. The third-order valence-electron chi connectivity index (χ3n) is 6.03. The molecule has 0 radical (unpaired) electrons. The van der Waals surface area contributed by atoms with Crippen molar-refractivity contribution < 1.29 is 30.3 Å². The van der Waals surface area contributed by atoms with Crippen LogP contribution in [0.15, 0.2) is 0 Å². The van der Waals surface area contributed by atoms with E-state index in [9.17, 15) is 0 Å². The molecule has 2 saturated carbocycles. The van der Waals surface area contributed by atoms with E-state index in [-0.39, 0.29) is 26.1 Å². The molecule has 33 heavy (non-hydrogen) atoms. The fraction of sp³-hybridized carbons (Fsp3) is 0.929. The first kappa shape index (κ1) is 38.9. The molecule has 0 spiro atoms. The molecule has 5 heteroatoms. The number of unbranched alkanes of at least 4 members (excludes halogenated alkanes) is 2. The second-order valence-electron chi connectivity index (χ2n) is 11.3. The van der Waals surface area contributed by atoms with Gasteiger partial charge in [-0.25, -0.2) is 0 Å². The topological polar surface area (TPSA) is 18.5 Å². The van der Waals surface area contributed by atoms with Crippen LogP contribution in [0.5, 0.6) is 0 Å². The number of rotatable bonds is 10. The van der Waals surface area contributed by atoms with E-state index in [1.807, 2.05) is 0 Å². The second-order valence-corrected chi connectivity index (χ2v) is 15.0. The SMILES string of the molecule is CC(C)(C)OCCCCC1CCCC1.CC(C)(C)OCCCCC1CCCC1.[CH3-].[CH3-].[Cl][Zr+2][Cl]. The first-order valence-corrected chi connectivity index (χ1v) is 19.1. The van der Waals surface area contributed by atoms with Crippen LogP contribution in [-0.2, 0) is 30.3 Å². The van der Waals surface area contributed by atoms with Crippen LogP contribution >= 0.6 is 17.0 Å². The van der Waals surface area contributed by atoms with Crippen molar-refractivity contribution in [1.29, 1.82) is 0 Å². The van der Waals surface area contributed by atoms with Gasteiger partial charge >= 0.3 is 37.9 Å². The standard InChI is InChI=1S/2C13H26O.2CH3.2ClH.Zr/c2*1-13(2,3)14-11-7-6-10-12-8-4-5-9-12;;;;;/h2*12H,4-11H2,1-3H3;2*1H3;2*1H;/q;;2*-1;;;+4/p-2. The normalized spacial score (nSPS) is 16.5. The van der Waals surface area contributed by atoms with Crippen LogP contribution < -0.4 is 0 Å². The molecule has 2 fully saturated rings. The third kappa shape index (κ3) is 29.5. The summed E-state index contributed by atoms with van der Waals surface area (Å²) >= 11 is -0.826. The Kier molecular flexibility index (Phi) is 28.0. The van der Waals surface area contributed by atoms with E-state index in [1.165, 1.54) is 89.9 Å². The molecule has 200 valence electrons. The molecule has 2 aliphatic carbocycles. The van der Waals surface area contributed by atoms with Crippen LogP contribution in [0.3, 0.4) is 0 Å². The summed E-state index contributed by atoms with van der Waals surface area (Å²) in [6.07, 6.45) is 19.9. The summed E-state index contributed by atoms with van der Waals surface area (Å²) in [6, 6.07) is 0. The van der Waals surface area contributed by atoms with Crippen molar-refractivity contribution in [3.63, 3.8) is 0 Å². The molecule has 0 N–H and O–H groups in total. The summed E-state index contributed by atoms with van der Waals surface area (Å²) in [6.45, 7) is 14.7. The Bertz CT molecular complexity index is 346. The Morgan fingerprint density at radius 2 is 0.879 bits per heavy atom. The summed E-state index contributed by atoms with van der Waals surface area (Å²) < 4.78 is 11.4. The molecule has 0 aromatic carbocycles. The number of hydrogen-bond donors (Lipinski definition) is 0. The molecule has 0 bridgehead atoms. The predicted octanol–water partition coefficient (Wildman–Crippen LogP) is 10.6. The molecule has 0 aromatic rings. The summed E-state index contributed by atoms with van der Waals surface area (Å²) in [5.74, 6) is 2.09. The molecule has 0 unspecified atom stereocenters. The molecule has 2 rings (SSSR count). The average molecular weight is 589 g/mol. The molecular weight excluding hydrogens is 530 g/mol. The maximum atomic E-state index is 5.69. The molecule has 0 amide bonds. The molecule has 0 aliphatic heterocycles. The molecule has 0 atom stereocenters. The van der Waals surface area contributed by atoms with E-state index >= 15 is 0 Å². The predicted molar refractivity (Wildman–Crippen MR) is 148 cm³/mol. The van der Waals surface area contributed by atoms with Gasteiger partial charge in [-0.3, -0.25) is 0 Å².